The van der Waals surface area contributed by atoms with Crippen LogP contribution in [0.5, 0.6) is 0 Å². The molecule has 0 radical (unpaired) electrons. The Hall–Kier alpha value is -1.11. The van der Waals surface area contributed by atoms with Crippen LogP contribution >= 0.6 is 22.9 Å². The fourth-order valence-electron chi connectivity index (χ4n) is 1.39. The van der Waals surface area contributed by atoms with Crippen LogP contribution in [-0.4, -0.2) is 20.4 Å². The normalized spacial score (nSPS) is 11.5. The molecule has 1 aromatic carbocycles. The second-order valence-corrected chi connectivity index (χ2v) is 7.13. The third-order valence-corrected chi connectivity index (χ3v) is 5.57. The van der Waals surface area contributed by atoms with E-state index >= 15 is 0 Å². The van der Waals surface area contributed by atoms with Gasteiger partial charge in [0.2, 0.25) is 9.84 Å². The van der Waals surface area contributed by atoms with Crippen LogP contribution in [-0.2, 0) is 9.84 Å². The first-order valence-electron chi connectivity index (χ1n) is 5.11. The Labute approximate surface area is 115 Å². The van der Waals surface area contributed by atoms with E-state index in [1.807, 2.05) is 6.92 Å². The van der Waals surface area contributed by atoms with Crippen LogP contribution in [0.25, 0.3) is 0 Å². The number of halogens is 1. The summed E-state index contributed by atoms with van der Waals surface area (Å²) in [6.45, 7) is 1.89. The lowest BCUT2D eigenvalue weighted by molar-refractivity contribution is 0.593. The molecule has 1 heterocycles. The molecular weight excluding hydrogens is 292 g/mol. The number of hydrogen-bond donors (Lipinski definition) is 1. The smallest absolute Gasteiger partial charge is 0.226 e. The van der Waals surface area contributed by atoms with Crippen molar-refractivity contribution in [1.82, 2.24) is 4.98 Å². The molecule has 0 aliphatic rings. The van der Waals surface area contributed by atoms with Gasteiger partial charge in [0, 0.05) is 7.05 Å². The fourth-order valence-corrected chi connectivity index (χ4v) is 4.15. The van der Waals surface area contributed by atoms with Crippen molar-refractivity contribution in [3.63, 3.8) is 0 Å². The quantitative estimate of drug-likeness (QED) is 0.947. The van der Waals surface area contributed by atoms with Crippen molar-refractivity contribution in [3.8, 4) is 0 Å². The minimum Gasteiger partial charge on any atom is -0.365 e. The summed E-state index contributed by atoms with van der Waals surface area (Å²) in [6.07, 6.45) is 0. The Morgan fingerprint density at radius 3 is 2.39 bits per heavy atom. The highest BCUT2D eigenvalue weighted by molar-refractivity contribution is 7.91. The molecule has 0 aliphatic heterocycles. The molecule has 0 saturated heterocycles. The zero-order valence-corrected chi connectivity index (χ0v) is 12.2. The molecule has 1 aromatic heterocycles. The molecular formula is C11H11ClN2O2S2. The minimum atomic E-state index is -3.65. The number of nitrogens with zero attached hydrogens (tertiary/aromatic N) is 1. The van der Waals surface area contributed by atoms with Gasteiger partial charge in [-0.3, -0.25) is 0 Å². The molecule has 7 heteroatoms. The Kier molecular flexibility index (Phi) is 3.61. The van der Waals surface area contributed by atoms with E-state index in [0.717, 1.165) is 16.9 Å². The second kappa shape index (κ2) is 4.87. The molecule has 0 amide bonds. The SMILES string of the molecule is CNc1nc(S(=O)(=O)c2ccc(C)cc2)c(Cl)s1. The van der Waals surface area contributed by atoms with Gasteiger partial charge in [-0.05, 0) is 19.1 Å². The molecule has 0 unspecified atom stereocenters. The molecule has 0 aliphatic carbocycles. The highest BCUT2D eigenvalue weighted by Gasteiger charge is 2.25. The summed E-state index contributed by atoms with van der Waals surface area (Å²) < 4.78 is 24.8. The lowest BCUT2D eigenvalue weighted by Crippen LogP contribution is -2.03. The number of benzene rings is 1. The van der Waals surface area contributed by atoms with E-state index in [0.29, 0.717) is 5.13 Å². The van der Waals surface area contributed by atoms with Crippen LogP contribution in [0.1, 0.15) is 5.56 Å². The van der Waals surface area contributed by atoms with Crippen LogP contribution in [0.4, 0.5) is 5.13 Å². The maximum Gasteiger partial charge on any atom is 0.226 e. The van der Waals surface area contributed by atoms with Crippen molar-refractivity contribution in [2.45, 2.75) is 16.8 Å². The number of aryl methyl sites for hydroxylation is 1. The van der Waals surface area contributed by atoms with Gasteiger partial charge in [-0.2, -0.15) is 0 Å². The molecule has 0 bridgehead atoms. The van der Waals surface area contributed by atoms with E-state index in [1.165, 1.54) is 0 Å². The van der Waals surface area contributed by atoms with Crippen LogP contribution in [0.15, 0.2) is 34.2 Å². The number of rotatable bonds is 3. The zero-order chi connectivity index (χ0) is 13.3. The topological polar surface area (TPSA) is 59.1 Å². The first-order chi connectivity index (χ1) is 8.45. The summed E-state index contributed by atoms with van der Waals surface area (Å²) in [4.78, 5) is 4.18. The average Bonchev–Trinajstić information content (AvgIpc) is 2.72. The van der Waals surface area contributed by atoms with Gasteiger partial charge in [-0.15, -0.1) is 0 Å². The monoisotopic (exact) mass is 302 g/mol. The maximum atomic E-state index is 12.3. The Morgan fingerprint density at radius 2 is 1.89 bits per heavy atom. The van der Waals surface area contributed by atoms with Crippen molar-refractivity contribution in [3.05, 3.63) is 34.2 Å². The molecule has 1 N–H and O–H groups in total. The van der Waals surface area contributed by atoms with E-state index in [1.54, 1.807) is 31.3 Å². The summed E-state index contributed by atoms with van der Waals surface area (Å²) in [6, 6.07) is 6.59. The standard InChI is InChI=1S/C11H11ClN2O2S2/c1-7-3-5-8(6-4-7)18(15,16)10-9(12)17-11(13-2)14-10/h3-6H,1-2H3,(H,13,14). The summed E-state index contributed by atoms with van der Waals surface area (Å²) in [5, 5.41) is 3.16. The lowest BCUT2D eigenvalue weighted by atomic mass is 10.2. The fraction of sp³-hybridized carbons (Fsp3) is 0.182. The number of sulfone groups is 1. The molecule has 2 aromatic rings. The molecule has 96 valence electrons. The average molecular weight is 303 g/mol. The predicted octanol–water partition coefficient (Wildman–Crippen LogP) is 2.98. The molecule has 4 nitrogen and oxygen atoms in total. The van der Waals surface area contributed by atoms with Crippen LogP contribution in [0.2, 0.25) is 4.34 Å². The molecule has 0 saturated carbocycles. The predicted molar refractivity (Wildman–Crippen MR) is 73.3 cm³/mol. The maximum absolute atomic E-state index is 12.3. The van der Waals surface area contributed by atoms with E-state index in [2.05, 4.69) is 10.3 Å². The molecule has 18 heavy (non-hydrogen) atoms. The number of hydrogen-bond acceptors (Lipinski definition) is 5. The molecule has 0 atom stereocenters. The first-order valence-corrected chi connectivity index (χ1v) is 7.79. The largest absolute Gasteiger partial charge is 0.365 e. The van der Waals surface area contributed by atoms with E-state index < -0.39 is 9.84 Å². The first kappa shape index (κ1) is 13.3. The number of nitrogens with one attached hydrogen (secondary N) is 1. The number of anilines is 1. The Morgan fingerprint density at radius 1 is 1.28 bits per heavy atom. The Balaban J connectivity index is 2.54. The highest BCUT2D eigenvalue weighted by Crippen LogP contribution is 2.34. The van der Waals surface area contributed by atoms with Crippen LogP contribution in [0, 0.1) is 6.92 Å². The van der Waals surface area contributed by atoms with Crippen molar-refractivity contribution >= 4 is 37.9 Å². The third-order valence-electron chi connectivity index (χ3n) is 2.36. The summed E-state index contributed by atoms with van der Waals surface area (Å²) >= 11 is 7.03. The van der Waals surface area contributed by atoms with Gasteiger partial charge in [0.25, 0.3) is 0 Å². The van der Waals surface area contributed by atoms with Gasteiger partial charge < -0.3 is 5.32 Å². The van der Waals surface area contributed by atoms with Crippen LogP contribution in [0.3, 0.4) is 0 Å². The van der Waals surface area contributed by atoms with Gasteiger partial charge in [-0.25, -0.2) is 13.4 Å². The molecule has 2 rings (SSSR count). The molecule has 0 spiro atoms. The van der Waals surface area contributed by atoms with Crippen molar-refractivity contribution in [2.24, 2.45) is 0 Å². The van der Waals surface area contributed by atoms with Crippen molar-refractivity contribution < 1.29 is 8.42 Å². The van der Waals surface area contributed by atoms with E-state index in [9.17, 15) is 8.42 Å². The summed E-state index contributed by atoms with van der Waals surface area (Å²) in [5.41, 5.74) is 0.995. The van der Waals surface area contributed by atoms with Gasteiger partial charge >= 0.3 is 0 Å². The van der Waals surface area contributed by atoms with Crippen LogP contribution < -0.4 is 5.32 Å². The van der Waals surface area contributed by atoms with Crippen molar-refractivity contribution in [2.75, 3.05) is 12.4 Å². The number of aromatic nitrogens is 1. The second-order valence-electron chi connectivity index (χ2n) is 3.66. The lowest BCUT2D eigenvalue weighted by Gasteiger charge is -2.02. The van der Waals surface area contributed by atoms with E-state index in [-0.39, 0.29) is 14.3 Å². The van der Waals surface area contributed by atoms with Crippen molar-refractivity contribution in [1.29, 1.82) is 0 Å². The minimum absolute atomic E-state index is 0.0950. The third kappa shape index (κ3) is 2.36. The van der Waals surface area contributed by atoms with Gasteiger partial charge in [-0.1, -0.05) is 40.6 Å². The van der Waals surface area contributed by atoms with Gasteiger partial charge in [0.05, 0.1) is 4.90 Å². The van der Waals surface area contributed by atoms with Gasteiger partial charge in [0.1, 0.15) is 4.34 Å². The van der Waals surface area contributed by atoms with E-state index in [4.69, 9.17) is 11.6 Å². The molecule has 0 fully saturated rings. The van der Waals surface area contributed by atoms with Gasteiger partial charge in [0.15, 0.2) is 10.2 Å². The highest BCUT2D eigenvalue weighted by atomic mass is 35.5. The zero-order valence-electron chi connectivity index (χ0n) is 9.77. The summed E-state index contributed by atoms with van der Waals surface area (Å²) in [7, 11) is -1.98. The number of thiazole rings is 1. The summed E-state index contributed by atoms with van der Waals surface area (Å²) in [5.74, 6) is 0. The Bertz CT molecular complexity index is 663.